The molecule has 0 radical (unpaired) electrons. The van der Waals surface area contributed by atoms with Gasteiger partial charge in [0.1, 0.15) is 5.75 Å². The molecule has 0 spiro atoms. The van der Waals surface area contributed by atoms with Crippen molar-refractivity contribution in [3.8, 4) is 5.75 Å². The van der Waals surface area contributed by atoms with E-state index in [0.717, 1.165) is 12.1 Å². The molecule has 3 atom stereocenters. The van der Waals surface area contributed by atoms with E-state index >= 15 is 0 Å². The number of allylic oxidation sites excluding steroid dienone is 1. The first-order chi connectivity index (χ1) is 8.71. The van der Waals surface area contributed by atoms with E-state index in [2.05, 4.69) is 20.7 Å². The Bertz CT molecular complexity index is 490. The zero-order valence-electron chi connectivity index (χ0n) is 9.29. The largest absolute Gasteiger partial charge is 0.449 e. The Kier molecular flexibility index (Phi) is 3.36. The zero-order valence-corrected chi connectivity index (χ0v) is 10.9. The third kappa shape index (κ3) is 2.13. The van der Waals surface area contributed by atoms with Crippen LogP contribution < -0.4 is 4.74 Å². The lowest BCUT2D eigenvalue weighted by molar-refractivity contribution is -0.284. The lowest BCUT2D eigenvalue weighted by Crippen LogP contribution is -2.65. The van der Waals surface area contributed by atoms with Crippen LogP contribution in [0.15, 0.2) is 42.5 Å². The molecule has 0 saturated heterocycles. The predicted molar refractivity (Wildman–Crippen MR) is 62.7 cm³/mol. The first-order valence-electron chi connectivity index (χ1n) is 5.23. The molecule has 0 amide bonds. The van der Waals surface area contributed by atoms with E-state index in [0.29, 0.717) is 6.08 Å². The van der Waals surface area contributed by atoms with Gasteiger partial charge in [0.25, 0.3) is 4.58 Å². The highest BCUT2D eigenvalue weighted by Crippen LogP contribution is 2.53. The number of halogens is 6. The van der Waals surface area contributed by atoms with E-state index in [1.807, 2.05) is 0 Å². The van der Waals surface area contributed by atoms with E-state index in [1.165, 1.54) is 18.2 Å². The number of hydrogen-bond acceptors (Lipinski definition) is 1. The van der Waals surface area contributed by atoms with Crippen molar-refractivity contribution in [2.45, 2.75) is 22.5 Å². The molecular formula is C12H8BrF5O. The molecule has 0 heterocycles. The van der Waals surface area contributed by atoms with Gasteiger partial charge < -0.3 is 4.74 Å². The smallest absolute Gasteiger partial charge is 0.362 e. The van der Waals surface area contributed by atoms with Crippen LogP contribution in [0.25, 0.3) is 0 Å². The molecule has 0 fully saturated rings. The highest BCUT2D eigenvalue weighted by atomic mass is 79.9. The first kappa shape index (κ1) is 14.3. The molecular weight excluding hydrogens is 335 g/mol. The van der Waals surface area contributed by atoms with Gasteiger partial charge >= 0.3 is 11.8 Å². The Hall–Kier alpha value is -1.11. The number of hydrogen-bond donors (Lipinski definition) is 0. The molecule has 0 bridgehead atoms. The molecule has 7 heteroatoms. The molecule has 2 rings (SSSR count). The van der Waals surface area contributed by atoms with Crippen molar-refractivity contribution in [3.05, 3.63) is 42.5 Å². The summed E-state index contributed by atoms with van der Waals surface area (Å²) < 4.78 is 69.8. The number of para-hydroxylation sites is 1. The van der Waals surface area contributed by atoms with E-state index in [4.69, 9.17) is 0 Å². The highest BCUT2D eigenvalue weighted by molar-refractivity contribution is 9.10. The maximum Gasteiger partial charge on any atom is 0.362 e. The van der Waals surface area contributed by atoms with E-state index < -0.39 is 22.5 Å². The number of ether oxygens (including phenoxy) is 1. The van der Waals surface area contributed by atoms with Crippen molar-refractivity contribution >= 4 is 15.9 Å². The standard InChI is InChI=1S/C12H8BrF5O/c13-10(15)7-6-9(14)11(16,17)12(10,18)19-8-4-2-1-3-5-8/h1-7,9H. The normalized spacial score (nSPS) is 37.1. The Morgan fingerprint density at radius 1 is 1.05 bits per heavy atom. The van der Waals surface area contributed by atoms with Gasteiger partial charge in [-0.25, -0.2) is 8.78 Å². The molecule has 1 aromatic carbocycles. The van der Waals surface area contributed by atoms with Crippen LogP contribution in [0.2, 0.25) is 0 Å². The number of rotatable bonds is 2. The van der Waals surface area contributed by atoms with Crippen molar-refractivity contribution in [2.75, 3.05) is 0 Å². The summed E-state index contributed by atoms with van der Waals surface area (Å²) in [5.74, 6) is -9.22. The Morgan fingerprint density at radius 3 is 2.21 bits per heavy atom. The zero-order chi connectivity index (χ0) is 14.3. The summed E-state index contributed by atoms with van der Waals surface area (Å²) in [6.45, 7) is 0. The van der Waals surface area contributed by atoms with E-state index in [-0.39, 0.29) is 11.8 Å². The number of benzene rings is 1. The van der Waals surface area contributed by atoms with Crippen molar-refractivity contribution in [2.24, 2.45) is 0 Å². The Balaban J connectivity index is 2.46. The summed E-state index contributed by atoms with van der Waals surface area (Å²) in [5.41, 5.74) is 0. The molecule has 3 unspecified atom stereocenters. The fourth-order valence-corrected chi connectivity index (χ4v) is 2.12. The third-order valence-electron chi connectivity index (χ3n) is 2.68. The minimum absolute atomic E-state index is 0.251. The van der Waals surface area contributed by atoms with Crippen LogP contribution >= 0.6 is 15.9 Å². The molecule has 0 saturated carbocycles. The molecule has 0 N–H and O–H groups in total. The Morgan fingerprint density at radius 2 is 1.63 bits per heavy atom. The Labute approximate surface area is 114 Å². The summed E-state index contributed by atoms with van der Waals surface area (Å²) >= 11 is 2.18. The van der Waals surface area contributed by atoms with E-state index in [1.54, 1.807) is 0 Å². The van der Waals surface area contributed by atoms with Crippen molar-refractivity contribution < 1.29 is 26.7 Å². The maximum absolute atomic E-state index is 14.4. The molecule has 0 aromatic heterocycles. The van der Waals surface area contributed by atoms with Crippen LogP contribution in [-0.2, 0) is 0 Å². The first-order valence-corrected chi connectivity index (χ1v) is 6.02. The van der Waals surface area contributed by atoms with Crippen LogP contribution in [-0.4, -0.2) is 22.5 Å². The highest BCUT2D eigenvalue weighted by Gasteiger charge is 2.74. The lowest BCUT2D eigenvalue weighted by atomic mass is 9.94. The van der Waals surface area contributed by atoms with Crippen molar-refractivity contribution in [1.29, 1.82) is 0 Å². The number of alkyl halides is 6. The van der Waals surface area contributed by atoms with Gasteiger partial charge in [-0.1, -0.05) is 18.2 Å². The second kappa shape index (κ2) is 4.47. The fraction of sp³-hybridized carbons (Fsp3) is 0.333. The molecule has 1 aliphatic carbocycles. The van der Waals surface area contributed by atoms with Gasteiger partial charge in [0.2, 0.25) is 0 Å². The van der Waals surface area contributed by atoms with Gasteiger partial charge in [-0.2, -0.15) is 13.2 Å². The van der Waals surface area contributed by atoms with Crippen molar-refractivity contribution in [1.82, 2.24) is 0 Å². The molecule has 1 aliphatic rings. The van der Waals surface area contributed by atoms with Gasteiger partial charge in [0.15, 0.2) is 6.17 Å². The monoisotopic (exact) mass is 342 g/mol. The average molecular weight is 343 g/mol. The van der Waals surface area contributed by atoms with Gasteiger partial charge in [0, 0.05) is 0 Å². The SMILES string of the molecule is FC1C=CC(F)(Br)C(F)(Oc2ccccc2)C1(F)F. The van der Waals surface area contributed by atoms with Gasteiger partial charge in [0.05, 0.1) is 0 Å². The lowest BCUT2D eigenvalue weighted by Gasteiger charge is -2.42. The molecule has 1 nitrogen and oxygen atoms in total. The van der Waals surface area contributed by atoms with Crippen LogP contribution in [0.3, 0.4) is 0 Å². The minimum atomic E-state index is -4.68. The maximum atomic E-state index is 14.4. The van der Waals surface area contributed by atoms with E-state index in [9.17, 15) is 22.0 Å². The molecule has 0 aliphatic heterocycles. The second-order valence-corrected chi connectivity index (χ2v) is 5.17. The molecule has 1 aromatic rings. The molecule has 19 heavy (non-hydrogen) atoms. The fourth-order valence-electron chi connectivity index (χ4n) is 1.62. The van der Waals surface area contributed by atoms with Crippen molar-refractivity contribution in [3.63, 3.8) is 0 Å². The molecule has 104 valence electrons. The second-order valence-electron chi connectivity index (χ2n) is 4.02. The van der Waals surface area contributed by atoms with Gasteiger partial charge in [-0.15, -0.1) is 0 Å². The van der Waals surface area contributed by atoms with Crippen LogP contribution in [0, 0.1) is 0 Å². The van der Waals surface area contributed by atoms with Gasteiger partial charge in [-0.3, -0.25) is 0 Å². The van der Waals surface area contributed by atoms with Crippen LogP contribution in [0.5, 0.6) is 5.75 Å². The van der Waals surface area contributed by atoms with Crippen LogP contribution in [0.4, 0.5) is 22.0 Å². The topological polar surface area (TPSA) is 9.23 Å². The summed E-state index contributed by atoms with van der Waals surface area (Å²) in [4.78, 5) is 0. The van der Waals surface area contributed by atoms with Crippen LogP contribution in [0.1, 0.15) is 0 Å². The summed E-state index contributed by atoms with van der Waals surface area (Å²) in [6, 6.07) is 6.62. The summed E-state index contributed by atoms with van der Waals surface area (Å²) in [5, 5.41) is 0. The third-order valence-corrected chi connectivity index (χ3v) is 3.45. The quantitative estimate of drug-likeness (QED) is 0.441. The predicted octanol–water partition coefficient (Wildman–Crippen LogP) is 4.34. The average Bonchev–Trinajstić information content (AvgIpc) is 2.35. The summed E-state index contributed by atoms with van der Waals surface area (Å²) in [6.07, 6.45) is -2.40. The summed E-state index contributed by atoms with van der Waals surface area (Å²) in [7, 11) is 0. The van der Waals surface area contributed by atoms with Gasteiger partial charge in [-0.05, 0) is 40.2 Å². The minimum Gasteiger partial charge on any atom is -0.449 e.